The van der Waals surface area contributed by atoms with Crippen molar-refractivity contribution in [1.29, 1.82) is 0 Å². The minimum Gasteiger partial charge on any atom is -0.317 e. The Hall–Kier alpha value is 0.400. The first-order valence-electron chi connectivity index (χ1n) is 5.79. The van der Waals surface area contributed by atoms with Gasteiger partial charge in [0.2, 0.25) is 0 Å². The maximum Gasteiger partial charge on any atom is 0.330 e. The molecule has 1 fully saturated rings. The van der Waals surface area contributed by atoms with Crippen LogP contribution >= 0.6 is 20.0 Å². The van der Waals surface area contributed by atoms with Gasteiger partial charge in [0.05, 0.1) is 19.4 Å². The monoisotopic (exact) mass is 271 g/mol. The lowest BCUT2D eigenvalue weighted by Crippen LogP contribution is -2.29. The summed E-state index contributed by atoms with van der Waals surface area (Å²) in [6.45, 7) is 6.67. The molecule has 1 aliphatic rings. The number of halogens is 1. The van der Waals surface area contributed by atoms with Gasteiger partial charge in [-0.2, -0.15) is 0 Å². The van der Waals surface area contributed by atoms with Crippen LogP contribution in [0.3, 0.4) is 0 Å². The summed E-state index contributed by atoms with van der Waals surface area (Å²) >= 11 is 0. The van der Waals surface area contributed by atoms with Crippen molar-refractivity contribution in [1.82, 2.24) is 5.32 Å². The Balaban J connectivity index is 0.00000225. The summed E-state index contributed by atoms with van der Waals surface area (Å²) in [7, 11) is -2.82. The Labute approximate surface area is 104 Å². The molecule has 6 heteroatoms. The van der Waals surface area contributed by atoms with E-state index in [1.54, 1.807) is 0 Å². The predicted molar refractivity (Wildman–Crippen MR) is 68.6 cm³/mol. The van der Waals surface area contributed by atoms with Gasteiger partial charge in [0.25, 0.3) is 0 Å². The zero-order chi connectivity index (χ0) is 11.1. The molecule has 0 atom stereocenters. The average Bonchev–Trinajstić information content (AvgIpc) is 2.19. The molecule has 0 aromatic heterocycles. The molecule has 0 spiro atoms. The maximum atomic E-state index is 12.2. The fourth-order valence-corrected chi connectivity index (χ4v) is 3.99. The van der Waals surface area contributed by atoms with Crippen molar-refractivity contribution < 1.29 is 13.6 Å². The Morgan fingerprint density at radius 3 is 2.12 bits per heavy atom. The van der Waals surface area contributed by atoms with Gasteiger partial charge in [-0.15, -0.1) is 12.4 Å². The number of rotatable bonds is 6. The molecule has 4 nitrogen and oxygen atoms in total. The molecule has 1 heterocycles. The summed E-state index contributed by atoms with van der Waals surface area (Å²) in [5.74, 6) is 0.482. The third-order valence-corrected chi connectivity index (χ3v) is 4.86. The number of hydrogen-bond acceptors (Lipinski definition) is 4. The number of piperidine rings is 1. The molecule has 1 saturated heterocycles. The predicted octanol–water partition coefficient (Wildman–Crippen LogP) is 2.67. The molecule has 1 N–H and O–H groups in total. The van der Waals surface area contributed by atoms with Gasteiger partial charge in [0.15, 0.2) is 0 Å². The van der Waals surface area contributed by atoms with Crippen LogP contribution < -0.4 is 5.32 Å². The van der Waals surface area contributed by atoms with E-state index in [4.69, 9.17) is 9.05 Å². The molecule has 0 saturated carbocycles. The van der Waals surface area contributed by atoms with Crippen molar-refractivity contribution in [3.63, 3.8) is 0 Å². The van der Waals surface area contributed by atoms with E-state index in [0.29, 0.717) is 25.3 Å². The minimum atomic E-state index is -2.82. The van der Waals surface area contributed by atoms with Crippen LogP contribution in [0.1, 0.15) is 26.7 Å². The maximum absolute atomic E-state index is 12.2. The summed E-state index contributed by atoms with van der Waals surface area (Å²) < 4.78 is 22.8. The highest BCUT2D eigenvalue weighted by atomic mass is 35.5. The lowest BCUT2D eigenvalue weighted by molar-refractivity contribution is 0.212. The molecule has 0 amide bonds. The van der Waals surface area contributed by atoms with Gasteiger partial charge in [0, 0.05) is 0 Å². The Morgan fingerprint density at radius 2 is 1.69 bits per heavy atom. The summed E-state index contributed by atoms with van der Waals surface area (Å²) in [5, 5.41) is 3.29. The van der Waals surface area contributed by atoms with E-state index < -0.39 is 7.60 Å². The fourth-order valence-electron chi connectivity index (χ4n) is 1.92. The number of nitrogens with one attached hydrogen (secondary N) is 1. The van der Waals surface area contributed by atoms with E-state index in [0.717, 1.165) is 25.9 Å². The van der Waals surface area contributed by atoms with Crippen LogP contribution in [0, 0.1) is 5.92 Å². The van der Waals surface area contributed by atoms with E-state index >= 15 is 0 Å². The smallest absolute Gasteiger partial charge is 0.317 e. The fraction of sp³-hybridized carbons (Fsp3) is 1.00. The van der Waals surface area contributed by atoms with Crippen molar-refractivity contribution in [2.45, 2.75) is 26.7 Å². The van der Waals surface area contributed by atoms with Gasteiger partial charge in [-0.05, 0) is 45.7 Å². The van der Waals surface area contributed by atoms with Crippen molar-refractivity contribution >= 4 is 20.0 Å². The molecule has 0 radical (unpaired) electrons. The van der Waals surface area contributed by atoms with Gasteiger partial charge in [-0.3, -0.25) is 4.57 Å². The molecule has 1 rings (SSSR count). The molecule has 0 aromatic rings. The van der Waals surface area contributed by atoms with Gasteiger partial charge in [-0.25, -0.2) is 0 Å². The highest BCUT2D eigenvalue weighted by Gasteiger charge is 2.28. The zero-order valence-electron chi connectivity index (χ0n) is 10.1. The topological polar surface area (TPSA) is 47.6 Å². The van der Waals surface area contributed by atoms with Crippen molar-refractivity contribution in [3.8, 4) is 0 Å². The minimum absolute atomic E-state index is 0. The van der Waals surface area contributed by atoms with Crippen LogP contribution in [0.4, 0.5) is 0 Å². The highest BCUT2D eigenvalue weighted by Crippen LogP contribution is 2.50. The molecule has 0 bridgehead atoms. The molecular formula is C10H23ClNO3P. The highest BCUT2D eigenvalue weighted by molar-refractivity contribution is 7.53. The van der Waals surface area contributed by atoms with Crippen molar-refractivity contribution in [2.75, 3.05) is 32.5 Å². The van der Waals surface area contributed by atoms with E-state index in [9.17, 15) is 4.57 Å². The second-order valence-corrected chi connectivity index (χ2v) is 5.93. The summed E-state index contributed by atoms with van der Waals surface area (Å²) in [5.41, 5.74) is 0. The second kappa shape index (κ2) is 8.48. The molecule has 16 heavy (non-hydrogen) atoms. The third-order valence-electron chi connectivity index (χ3n) is 2.59. The average molecular weight is 272 g/mol. The van der Waals surface area contributed by atoms with Crippen LogP contribution in [0.25, 0.3) is 0 Å². The van der Waals surface area contributed by atoms with Crippen molar-refractivity contribution in [3.05, 3.63) is 0 Å². The van der Waals surface area contributed by atoms with Gasteiger partial charge < -0.3 is 14.4 Å². The second-order valence-electron chi connectivity index (χ2n) is 3.82. The Bertz CT molecular complexity index is 212. The Kier molecular flexibility index (Phi) is 8.70. The standard InChI is InChI=1S/C10H22NO3P.ClH/c1-3-13-15(12,14-4-2)9-10-5-7-11-8-6-10;/h10-11H,3-9H2,1-2H3;1H. The molecular weight excluding hydrogens is 249 g/mol. The van der Waals surface area contributed by atoms with Gasteiger partial charge in [0.1, 0.15) is 0 Å². The summed E-state index contributed by atoms with van der Waals surface area (Å²) in [4.78, 5) is 0. The largest absolute Gasteiger partial charge is 0.330 e. The normalized spacial score (nSPS) is 18.1. The Morgan fingerprint density at radius 1 is 1.19 bits per heavy atom. The van der Waals surface area contributed by atoms with Crippen LogP contribution in [-0.4, -0.2) is 32.5 Å². The molecule has 0 unspecified atom stereocenters. The molecule has 98 valence electrons. The van der Waals surface area contributed by atoms with Crippen molar-refractivity contribution in [2.24, 2.45) is 5.92 Å². The lowest BCUT2D eigenvalue weighted by atomic mass is 10.0. The quantitative estimate of drug-likeness (QED) is 0.755. The van der Waals surface area contributed by atoms with Gasteiger partial charge >= 0.3 is 7.60 Å². The van der Waals surface area contributed by atoms with E-state index in [1.165, 1.54) is 0 Å². The SMILES string of the molecule is CCOP(=O)(CC1CCNCC1)OCC.Cl. The van der Waals surface area contributed by atoms with E-state index in [2.05, 4.69) is 5.32 Å². The van der Waals surface area contributed by atoms with Crippen LogP contribution in [0.2, 0.25) is 0 Å². The first-order chi connectivity index (χ1) is 7.20. The van der Waals surface area contributed by atoms with E-state index in [-0.39, 0.29) is 12.4 Å². The molecule has 0 aromatic carbocycles. The summed E-state index contributed by atoms with van der Waals surface area (Å²) in [6, 6.07) is 0. The summed E-state index contributed by atoms with van der Waals surface area (Å²) in [6.07, 6.45) is 2.73. The third kappa shape index (κ3) is 5.65. The first kappa shape index (κ1) is 16.4. The zero-order valence-corrected chi connectivity index (χ0v) is 11.8. The van der Waals surface area contributed by atoms with Crippen LogP contribution in [-0.2, 0) is 13.6 Å². The lowest BCUT2D eigenvalue weighted by Gasteiger charge is -2.26. The van der Waals surface area contributed by atoms with Gasteiger partial charge in [-0.1, -0.05) is 0 Å². The van der Waals surface area contributed by atoms with Crippen LogP contribution in [0.15, 0.2) is 0 Å². The van der Waals surface area contributed by atoms with Crippen LogP contribution in [0.5, 0.6) is 0 Å². The molecule has 1 aliphatic heterocycles. The first-order valence-corrected chi connectivity index (χ1v) is 7.52. The number of hydrogen-bond donors (Lipinski definition) is 1. The molecule has 0 aliphatic carbocycles. The van der Waals surface area contributed by atoms with E-state index in [1.807, 2.05) is 13.8 Å².